The van der Waals surface area contributed by atoms with Gasteiger partial charge in [-0.3, -0.25) is 4.79 Å². The Morgan fingerprint density at radius 1 is 1.10 bits per heavy atom. The molecule has 1 fully saturated rings. The number of alkyl halides is 3. The first kappa shape index (κ1) is 22.2. The van der Waals surface area contributed by atoms with E-state index >= 15 is 0 Å². The van der Waals surface area contributed by atoms with Crippen LogP contribution in [-0.4, -0.2) is 37.0 Å². The first-order chi connectivity index (χ1) is 14.7. The van der Waals surface area contributed by atoms with Crippen LogP contribution in [0.25, 0.3) is 0 Å². The van der Waals surface area contributed by atoms with Crippen molar-refractivity contribution in [3.63, 3.8) is 0 Å². The molecule has 8 heteroatoms. The van der Waals surface area contributed by atoms with Gasteiger partial charge in [-0.05, 0) is 49.2 Å². The number of nitriles is 1. The van der Waals surface area contributed by atoms with Gasteiger partial charge in [-0.1, -0.05) is 18.2 Å². The van der Waals surface area contributed by atoms with Gasteiger partial charge in [0.1, 0.15) is 11.6 Å². The van der Waals surface area contributed by atoms with Crippen molar-refractivity contribution >= 4 is 17.3 Å². The summed E-state index contributed by atoms with van der Waals surface area (Å²) in [5.74, 6) is -0.737. The number of amides is 1. The molecular weight excluding hydrogens is 405 g/mol. The fourth-order valence-corrected chi connectivity index (χ4v) is 3.46. The van der Waals surface area contributed by atoms with E-state index in [0.29, 0.717) is 13.1 Å². The Labute approximate surface area is 179 Å². The Morgan fingerprint density at radius 2 is 1.77 bits per heavy atom. The van der Waals surface area contributed by atoms with Crippen molar-refractivity contribution in [1.82, 2.24) is 4.90 Å². The molecule has 2 aromatic rings. The predicted molar refractivity (Wildman–Crippen MR) is 113 cm³/mol. The van der Waals surface area contributed by atoms with Crippen molar-refractivity contribution in [2.75, 3.05) is 36.4 Å². The lowest BCUT2D eigenvalue weighted by atomic mass is 10.1. The van der Waals surface area contributed by atoms with Gasteiger partial charge in [0, 0.05) is 43.8 Å². The van der Waals surface area contributed by atoms with E-state index in [9.17, 15) is 23.2 Å². The lowest BCUT2D eigenvalue weighted by Crippen LogP contribution is -2.44. The minimum atomic E-state index is -4.51. The van der Waals surface area contributed by atoms with E-state index in [2.05, 4.69) is 36.2 Å². The molecule has 1 N–H and O–H groups in total. The van der Waals surface area contributed by atoms with Crippen LogP contribution < -0.4 is 10.2 Å². The number of benzene rings is 2. The molecule has 1 saturated heterocycles. The second-order valence-electron chi connectivity index (χ2n) is 7.43. The summed E-state index contributed by atoms with van der Waals surface area (Å²) >= 11 is 0. The lowest BCUT2D eigenvalue weighted by Gasteiger charge is -2.36. The maximum absolute atomic E-state index is 12.9. The Kier molecular flexibility index (Phi) is 6.54. The smallest absolute Gasteiger partial charge is 0.373 e. The number of nitrogens with zero attached hydrogens (tertiary/aromatic N) is 3. The van der Waals surface area contributed by atoms with Crippen LogP contribution in [-0.2, 0) is 11.0 Å². The average Bonchev–Trinajstić information content (AvgIpc) is 2.74. The molecule has 2 aromatic carbocycles. The molecule has 1 heterocycles. The summed E-state index contributed by atoms with van der Waals surface area (Å²) in [5, 5.41) is 11.8. The highest BCUT2D eigenvalue weighted by Crippen LogP contribution is 2.30. The molecule has 0 aliphatic carbocycles. The second kappa shape index (κ2) is 9.13. The number of aryl methyl sites for hydroxylation is 1. The molecule has 0 unspecified atom stereocenters. The number of halogens is 3. The molecule has 31 heavy (non-hydrogen) atoms. The summed E-state index contributed by atoms with van der Waals surface area (Å²) in [4.78, 5) is 16.6. The first-order valence-corrected chi connectivity index (χ1v) is 9.85. The standard InChI is InChI=1S/C23H23F3N4O/c1-16-5-3-8-21(17(16)2)30-11-9-29(10-12-30)15-18(14-27)22(31)28-20-7-4-6-19(13-20)23(24,25)26/h3-8,13,15H,9-12H2,1-2H3,(H,28,31)/b18-15-. The van der Waals surface area contributed by atoms with Gasteiger partial charge in [-0.2, -0.15) is 18.4 Å². The Morgan fingerprint density at radius 3 is 2.42 bits per heavy atom. The third kappa shape index (κ3) is 5.37. The summed E-state index contributed by atoms with van der Waals surface area (Å²) in [6.45, 7) is 6.86. The number of carbonyl (C=O) groups is 1. The Balaban J connectivity index is 1.65. The summed E-state index contributed by atoms with van der Waals surface area (Å²) in [5.41, 5.74) is 2.59. The number of nitrogens with one attached hydrogen (secondary N) is 1. The second-order valence-corrected chi connectivity index (χ2v) is 7.43. The van der Waals surface area contributed by atoms with Gasteiger partial charge in [0.2, 0.25) is 0 Å². The number of hydrogen-bond donors (Lipinski definition) is 1. The van der Waals surface area contributed by atoms with E-state index in [-0.39, 0.29) is 11.3 Å². The van der Waals surface area contributed by atoms with Gasteiger partial charge >= 0.3 is 6.18 Å². The SMILES string of the molecule is Cc1cccc(N2CCN(/C=C(/C#N)C(=O)Nc3cccc(C(F)(F)F)c3)CC2)c1C. The van der Waals surface area contributed by atoms with Crippen LogP contribution in [0.4, 0.5) is 24.5 Å². The van der Waals surface area contributed by atoms with E-state index < -0.39 is 17.6 Å². The van der Waals surface area contributed by atoms with Gasteiger partial charge in [-0.15, -0.1) is 0 Å². The van der Waals surface area contributed by atoms with Gasteiger partial charge in [0.05, 0.1) is 5.56 Å². The van der Waals surface area contributed by atoms with Crippen molar-refractivity contribution in [2.45, 2.75) is 20.0 Å². The van der Waals surface area contributed by atoms with Crippen LogP contribution in [0.5, 0.6) is 0 Å². The van der Waals surface area contributed by atoms with Crippen LogP contribution in [0.3, 0.4) is 0 Å². The van der Waals surface area contributed by atoms with E-state index in [1.807, 2.05) is 17.0 Å². The number of carbonyl (C=O) groups excluding carboxylic acids is 1. The van der Waals surface area contributed by atoms with Crippen LogP contribution >= 0.6 is 0 Å². The Bertz CT molecular complexity index is 1030. The highest BCUT2D eigenvalue weighted by Gasteiger charge is 2.30. The van der Waals surface area contributed by atoms with E-state index in [1.54, 1.807) is 0 Å². The number of anilines is 2. The van der Waals surface area contributed by atoms with Crippen molar-refractivity contribution in [1.29, 1.82) is 5.26 Å². The fourth-order valence-electron chi connectivity index (χ4n) is 3.46. The molecule has 0 bridgehead atoms. The zero-order valence-electron chi connectivity index (χ0n) is 17.3. The summed E-state index contributed by atoms with van der Waals surface area (Å²) in [7, 11) is 0. The summed E-state index contributed by atoms with van der Waals surface area (Å²) in [6.07, 6.45) is -3.03. The van der Waals surface area contributed by atoms with Crippen LogP contribution in [0, 0.1) is 25.2 Å². The number of piperazine rings is 1. The highest BCUT2D eigenvalue weighted by atomic mass is 19.4. The van der Waals surface area contributed by atoms with Crippen LogP contribution in [0.2, 0.25) is 0 Å². The molecule has 0 radical (unpaired) electrons. The lowest BCUT2D eigenvalue weighted by molar-refractivity contribution is -0.137. The molecule has 1 aliphatic rings. The third-order valence-electron chi connectivity index (χ3n) is 5.36. The van der Waals surface area contributed by atoms with Crippen molar-refractivity contribution in [2.24, 2.45) is 0 Å². The maximum atomic E-state index is 12.9. The molecular formula is C23H23F3N4O. The monoisotopic (exact) mass is 428 g/mol. The minimum Gasteiger partial charge on any atom is -0.373 e. The topological polar surface area (TPSA) is 59.4 Å². The normalized spacial score (nSPS) is 14.9. The molecule has 0 spiro atoms. The fraction of sp³-hybridized carbons (Fsp3) is 0.304. The summed E-state index contributed by atoms with van der Waals surface area (Å²) < 4.78 is 38.6. The first-order valence-electron chi connectivity index (χ1n) is 9.85. The summed E-state index contributed by atoms with van der Waals surface area (Å²) in [6, 6.07) is 12.3. The maximum Gasteiger partial charge on any atom is 0.416 e. The zero-order chi connectivity index (χ0) is 22.6. The van der Waals surface area contributed by atoms with Crippen molar-refractivity contribution in [3.8, 4) is 6.07 Å². The van der Waals surface area contributed by atoms with Gasteiger partial charge in [0.15, 0.2) is 0 Å². The minimum absolute atomic E-state index is 0.0132. The molecule has 0 atom stereocenters. The van der Waals surface area contributed by atoms with Gasteiger partial charge < -0.3 is 15.1 Å². The van der Waals surface area contributed by atoms with Crippen molar-refractivity contribution < 1.29 is 18.0 Å². The van der Waals surface area contributed by atoms with Gasteiger partial charge in [-0.25, -0.2) is 0 Å². The number of rotatable bonds is 4. The molecule has 5 nitrogen and oxygen atoms in total. The highest BCUT2D eigenvalue weighted by molar-refractivity contribution is 6.06. The quantitative estimate of drug-likeness (QED) is 0.576. The zero-order valence-corrected chi connectivity index (χ0v) is 17.3. The van der Waals surface area contributed by atoms with Crippen LogP contribution in [0.1, 0.15) is 16.7 Å². The molecule has 162 valence electrons. The Hall–Kier alpha value is -3.47. The molecule has 0 saturated carbocycles. The molecule has 1 aliphatic heterocycles. The third-order valence-corrected chi connectivity index (χ3v) is 5.36. The van der Waals surface area contributed by atoms with E-state index in [0.717, 1.165) is 25.2 Å². The van der Waals surface area contributed by atoms with Crippen molar-refractivity contribution in [3.05, 3.63) is 70.9 Å². The average molecular weight is 428 g/mol. The predicted octanol–water partition coefficient (Wildman–Crippen LogP) is 4.49. The molecule has 1 amide bonds. The van der Waals surface area contributed by atoms with Crippen LogP contribution in [0.15, 0.2) is 54.2 Å². The van der Waals surface area contributed by atoms with E-state index in [4.69, 9.17) is 0 Å². The van der Waals surface area contributed by atoms with Gasteiger partial charge in [0.25, 0.3) is 5.91 Å². The molecule has 0 aromatic heterocycles. The van der Waals surface area contributed by atoms with E-state index in [1.165, 1.54) is 35.1 Å². The number of hydrogen-bond acceptors (Lipinski definition) is 4. The molecule has 3 rings (SSSR count). The largest absolute Gasteiger partial charge is 0.416 e.